The van der Waals surface area contributed by atoms with Gasteiger partial charge in [-0.3, -0.25) is 9.88 Å². The van der Waals surface area contributed by atoms with Gasteiger partial charge in [-0.15, -0.1) is 0 Å². The molecule has 0 fully saturated rings. The average molecular weight is 636 g/mol. The Hall–Kier alpha value is -4.54. The predicted octanol–water partition coefficient (Wildman–Crippen LogP) is 7.20. The van der Waals surface area contributed by atoms with Gasteiger partial charge >= 0.3 is 0 Å². The molecule has 3 aromatic carbocycles. The van der Waals surface area contributed by atoms with E-state index in [1.807, 2.05) is 62.4 Å². The first-order chi connectivity index (χ1) is 21.9. The number of nitrogens with zero attached hydrogens (tertiary/aromatic N) is 4. The zero-order chi connectivity index (χ0) is 32.2. The van der Waals surface area contributed by atoms with Crippen molar-refractivity contribution in [2.75, 3.05) is 11.3 Å². The molecule has 236 valence electrons. The summed E-state index contributed by atoms with van der Waals surface area (Å²) < 4.78 is 43.5. The van der Waals surface area contributed by atoms with Gasteiger partial charge in [0.1, 0.15) is 12.4 Å². The van der Waals surface area contributed by atoms with Crippen molar-refractivity contribution in [1.29, 1.82) is 0 Å². The maximum atomic E-state index is 13.8. The van der Waals surface area contributed by atoms with E-state index in [9.17, 15) is 8.42 Å². The first kappa shape index (κ1) is 30.1. The van der Waals surface area contributed by atoms with E-state index in [1.165, 1.54) is 0 Å². The molecule has 0 amide bonds. The molecule has 2 aromatic heterocycles. The van der Waals surface area contributed by atoms with Gasteiger partial charge in [-0.2, -0.15) is 4.98 Å². The number of hydrogen-bond donors (Lipinski definition) is 1. The number of fused-ring (bicyclic) bond motifs is 9. The molecule has 0 saturated heterocycles. The number of hydrogen-bond acceptors (Lipinski definition) is 8. The second-order valence-electron chi connectivity index (χ2n) is 13.3. The summed E-state index contributed by atoms with van der Waals surface area (Å²) in [5, 5.41) is 1.03. The quantitative estimate of drug-likeness (QED) is 0.217. The molecular weight excluding hydrogens is 598 g/mol. The van der Waals surface area contributed by atoms with E-state index in [2.05, 4.69) is 40.4 Å². The molecule has 4 bridgehead atoms. The number of rotatable bonds is 2. The topological polar surface area (TPSA) is 107 Å². The van der Waals surface area contributed by atoms with Crippen molar-refractivity contribution in [3.63, 3.8) is 0 Å². The molecule has 1 N–H and O–H groups in total. The van der Waals surface area contributed by atoms with Gasteiger partial charge in [-0.1, -0.05) is 57.2 Å². The van der Waals surface area contributed by atoms with Crippen LogP contribution in [0.1, 0.15) is 55.7 Å². The molecule has 2 atom stereocenters. The van der Waals surface area contributed by atoms with E-state index in [0.717, 1.165) is 50.9 Å². The van der Waals surface area contributed by atoms with Gasteiger partial charge in [-0.25, -0.2) is 18.1 Å². The molecule has 0 radical (unpaired) electrons. The lowest BCUT2D eigenvalue weighted by Gasteiger charge is -2.43. The van der Waals surface area contributed by atoms with E-state index < -0.39 is 16.3 Å². The number of benzene rings is 3. The van der Waals surface area contributed by atoms with Crippen molar-refractivity contribution < 1.29 is 17.9 Å². The van der Waals surface area contributed by atoms with Gasteiger partial charge in [0, 0.05) is 46.9 Å². The van der Waals surface area contributed by atoms with E-state index in [4.69, 9.17) is 14.5 Å². The number of anilines is 1. The fourth-order valence-corrected chi connectivity index (χ4v) is 7.55. The smallest absolute Gasteiger partial charge is 0.264 e. The molecule has 5 aromatic rings. The van der Waals surface area contributed by atoms with E-state index in [1.54, 1.807) is 30.5 Å². The SMILES string of the molecule is Cc1cccc(C)c1-c1cc2nc(n1)NS(=O)(=O)c1cccc(c1)C1Oc3ccc4cccnc4c3CN1[C@H](CC(C)(C)C)CO2. The highest BCUT2D eigenvalue weighted by atomic mass is 32.2. The van der Waals surface area contributed by atoms with Crippen molar-refractivity contribution in [3.8, 4) is 22.9 Å². The highest BCUT2D eigenvalue weighted by Gasteiger charge is 2.38. The number of aromatic nitrogens is 3. The maximum Gasteiger partial charge on any atom is 0.264 e. The maximum absolute atomic E-state index is 13.8. The van der Waals surface area contributed by atoms with Crippen LogP contribution in [0, 0.1) is 19.3 Å². The van der Waals surface area contributed by atoms with Crippen molar-refractivity contribution >= 4 is 26.9 Å². The third-order valence-electron chi connectivity index (χ3n) is 8.58. The van der Waals surface area contributed by atoms with Crippen molar-refractivity contribution in [2.45, 2.75) is 64.7 Å². The summed E-state index contributed by atoms with van der Waals surface area (Å²) in [7, 11) is -4.06. The van der Waals surface area contributed by atoms with Crippen LogP contribution in [0.25, 0.3) is 22.2 Å². The van der Waals surface area contributed by atoms with Crippen LogP contribution in [0.4, 0.5) is 5.95 Å². The molecule has 4 heterocycles. The fourth-order valence-electron chi connectivity index (χ4n) is 6.55. The van der Waals surface area contributed by atoms with Crippen LogP contribution in [0.2, 0.25) is 0 Å². The fraction of sp³-hybridized carbons (Fsp3) is 0.306. The standard InChI is InChI=1S/C36H37N5O4S/c1-22-9-6-10-23(2)32(22)29-18-31-39-35(38-29)40-46(42,43)27-13-7-11-25(17-27)34-41(26(21-44-31)19-36(3,4)5)20-28-30(45-34)15-14-24-12-8-16-37-33(24)28/h6-18,26,34H,19-21H2,1-5H3,(H,38,39,40)/t26-,34?/m1/s1. The van der Waals surface area contributed by atoms with E-state index in [-0.39, 0.29) is 28.2 Å². The molecule has 2 aliphatic rings. The highest BCUT2D eigenvalue weighted by molar-refractivity contribution is 7.92. The summed E-state index contributed by atoms with van der Waals surface area (Å²) in [6.45, 7) is 11.5. The normalized spacial score (nSPS) is 19.2. The average Bonchev–Trinajstić information content (AvgIpc) is 3.01. The van der Waals surface area contributed by atoms with Crippen LogP contribution in [0.5, 0.6) is 11.6 Å². The summed E-state index contributed by atoms with van der Waals surface area (Å²) >= 11 is 0. The van der Waals surface area contributed by atoms with Gasteiger partial charge in [0.25, 0.3) is 10.0 Å². The summed E-state index contributed by atoms with van der Waals surface area (Å²) in [5.74, 6) is 0.970. The second-order valence-corrected chi connectivity index (χ2v) is 15.0. The van der Waals surface area contributed by atoms with Gasteiger partial charge in [0.2, 0.25) is 11.8 Å². The van der Waals surface area contributed by atoms with Crippen LogP contribution in [-0.4, -0.2) is 40.9 Å². The van der Waals surface area contributed by atoms with Gasteiger partial charge < -0.3 is 9.47 Å². The largest absolute Gasteiger partial charge is 0.476 e. The van der Waals surface area contributed by atoms with Crippen LogP contribution in [0.15, 0.2) is 83.9 Å². The number of sulfonamides is 1. The zero-order valence-electron chi connectivity index (χ0n) is 26.6. The predicted molar refractivity (Wildman–Crippen MR) is 178 cm³/mol. The number of pyridine rings is 1. The third-order valence-corrected chi connectivity index (χ3v) is 9.90. The summed E-state index contributed by atoms with van der Waals surface area (Å²) in [6.07, 6.45) is 2.00. The Morgan fingerprint density at radius 1 is 0.957 bits per heavy atom. The minimum absolute atomic E-state index is 0.0499. The summed E-state index contributed by atoms with van der Waals surface area (Å²) in [5.41, 5.74) is 6.06. The molecule has 46 heavy (non-hydrogen) atoms. The third kappa shape index (κ3) is 5.78. The Balaban J connectivity index is 1.41. The van der Waals surface area contributed by atoms with Gasteiger partial charge in [-0.05, 0) is 67.1 Å². The summed E-state index contributed by atoms with van der Waals surface area (Å²) in [6, 6.07) is 22.5. The van der Waals surface area contributed by atoms with Gasteiger partial charge in [0.05, 0.1) is 16.1 Å². The minimum Gasteiger partial charge on any atom is -0.476 e. The first-order valence-electron chi connectivity index (χ1n) is 15.5. The zero-order valence-corrected chi connectivity index (χ0v) is 27.4. The Bertz CT molecular complexity index is 2060. The van der Waals surface area contributed by atoms with E-state index >= 15 is 0 Å². The molecule has 9 nitrogen and oxygen atoms in total. The van der Waals surface area contributed by atoms with Crippen molar-refractivity contribution in [2.24, 2.45) is 5.41 Å². The lowest BCUT2D eigenvalue weighted by atomic mass is 9.87. The highest BCUT2D eigenvalue weighted by Crippen LogP contribution is 2.42. The number of nitrogens with one attached hydrogen (secondary N) is 1. The van der Waals surface area contributed by atoms with Crippen LogP contribution >= 0.6 is 0 Å². The molecule has 0 saturated carbocycles. The monoisotopic (exact) mass is 635 g/mol. The number of ether oxygens (including phenoxy) is 2. The number of aryl methyl sites for hydroxylation is 2. The Morgan fingerprint density at radius 2 is 1.74 bits per heavy atom. The molecular formula is C36H37N5O4S. The van der Waals surface area contributed by atoms with Crippen LogP contribution < -0.4 is 14.2 Å². The molecule has 10 heteroatoms. The molecule has 2 aliphatic heterocycles. The van der Waals surface area contributed by atoms with Crippen LogP contribution in [0.3, 0.4) is 0 Å². The lowest BCUT2D eigenvalue weighted by molar-refractivity contribution is -0.0541. The minimum atomic E-state index is -4.06. The molecule has 1 unspecified atom stereocenters. The van der Waals surface area contributed by atoms with Crippen molar-refractivity contribution in [1.82, 2.24) is 19.9 Å². The van der Waals surface area contributed by atoms with E-state index in [0.29, 0.717) is 18.8 Å². The van der Waals surface area contributed by atoms with Crippen LogP contribution in [-0.2, 0) is 16.6 Å². The lowest BCUT2D eigenvalue weighted by Crippen LogP contribution is -2.47. The van der Waals surface area contributed by atoms with Crippen molar-refractivity contribution in [3.05, 3.63) is 101 Å². The Labute approximate surface area is 269 Å². The molecule has 0 spiro atoms. The molecule has 0 aliphatic carbocycles. The molecule has 7 rings (SSSR count). The summed E-state index contributed by atoms with van der Waals surface area (Å²) in [4.78, 5) is 16.3. The second kappa shape index (κ2) is 11.4. The first-order valence-corrected chi connectivity index (χ1v) is 16.9. The Kier molecular flexibility index (Phi) is 7.44. The Morgan fingerprint density at radius 3 is 2.52 bits per heavy atom. The van der Waals surface area contributed by atoms with Gasteiger partial charge in [0.15, 0.2) is 6.23 Å².